The average molecular weight is 258 g/mol. The summed E-state index contributed by atoms with van der Waals surface area (Å²) >= 11 is 9.56. The Morgan fingerprint density at radius 1 is 1.23 bits per heavy atom. The molecule has 0 radical (unpaired) electrons. The third-order valence-corrected chi connectivity index (χ3v) is 3.23. The lowest BCUT2D eigenvalue weighted by molar-refractivity contribution is 0.754. The molecule has 0 spiro atoms. The molecule has 2 heteroatoms. The van der Waals surface area contributed by atoms with Gasteiger partial charge in [0.25, 0.3) is 0 Å². The molecular weight excluding hydrogens is 247 g/mol. The molecule has 0 unspecified atom stereocenters. The van der Waals surface area contributed by atoms with E-state index in [2.05, 4.69) is 40.2 Å². The zero-order chi connectivity index (χ0) is 9.26. The fraction of sp³-hybridized carbons (Fsp3) is 0.273. The molecule has 1 aromatic rings. The quantitative estimate of drug-likeness (QED) is 0.648. The number of hydrogen-bond donors (Lipinski definition) is 0. The zero-order valence-electron chi connectivity index (χ0n) is 7.13. The van der Waals surface area contributed by atoms with E-state index in [-0.39, 0.29) is 0 Å². The predicted molar refractivity (Wildman–Crippen MR) is 60.3 cm³/mol. The van der Waals surface area contributed by atoms with Gasteiger partial charge in [0.15, 0.2) is 0 Å². The molecule has 0 atom stereocenters. The molecule has 1 aliphatic rings. The molecule has 0 bridgehead atoms. The molecule has 0 aromatic heterocycles. The first-order valence-corrected chi connectivity index (χ1v) is 5.54. The van der Waals surface area contributed by atoms with Gasteiger partial charge in [-0.05, 0) is 36.5 Å². The monoisotopic (exact) mass is 256 g/mol. The van der Waals surface area contributed by atoms with Gasteiger partial charge in [0.05, 0.1) is 0 Å². The van der Waals surface area contributed by atoms with Crippen molar-refractivity contribution >= 4 is 27.5 Å². The lowest BCUT2D eigenvalue weighted by Gasteiger charge is -2.11. The highest BCUT2D eigenvalue weighted by Gasteiger charge is 2.15. The summed E-state index contributed by atoms with van der Waals surface area (Å²) in [6.45, 7) is 0. The van der Waals surface area contributed by atoms with Gasteiger partial charge in [-0.2, -0.15) is 0 Å². The van der Waals surface area contributed by atoms with Crippen LogP contribution in [0.25, 0.3) is 0 Å². The molecule has 2 rings (SSSR count). The average Bonchev–Trinajstić information content (AvgIpc) is 2.56. The van der Waals surface area contributed by atoms with Crippen LogP contribution in [0.3, 0.4) is 0 Å². The maximum absolute atomic E-state index is 6.15. The topological polar surface area (TPSA) is 0 Å². The van der Waals surface area contributed by atoms with E-state index in [1.807, 2.05) is 6.07 Å². The first-order chi connectivity index (χ1) is 6.27. The summed E-state index contributed by atoms with van der Waals surface area (Å²) in [6, 6.07) is 6.14. The Balaban J connectivity index is 2.30. The molecular formula is C11H10BrCl. The van der Waals surface area contributed by atoms with Crippen LogP contribution in [-0.4, -0.2) is 0 Å². The van der Waals surface area contributed by atoms with Gasteiger partial charge >= 0.3 is 0 Å². The van der Waals surface area contributed by atoms with Crippen LogP contribution in [0.15, 0.2) is 34.8 Å². The molecule has 0 aliphatic heterocycles. The van der Waals surface area contributed by atoms with E-state index in [0.29, 0.717) is 5.92 Å². The number of halogens is 2. The summed E-state index contributed by atoms with van der Waals surface area (Å²) in [6.07, 6.45) is 6.70. The van der Waals surface area contributed by atoms with Crippen LogP contribution in [0.1, 0.15) is 24.3 Å². The van der Waals surface area contributed by atoms with Crippen molar-refractivity contribution in [1.29, 1.82) is 0 Å². The summed E-state index contributed by atoms with van der Waals surface area (Å²) < 4.78 is 1.05. The highest BCUT2D eigenvalue weighted by atomic mass is 79.9. The second kappa shape index (κ2) is 3.85. The number of benzene rings is 1. The Bertz CT molecular complexity index is 336. The second-order valence-electron chi connectivity index (χ2n) is 3.31. The van der Waals surface area contributed by atoms with Crippen LogP contribution in [-0.2, 0) is 0 Å². The summed E-state index contributed by atoms with van der Waals surface area (Å²) in [7, 11) is 0. The molecule has 0 saturated heterocycles. The van der Waals surface area contributed by atoms with Crippen molar-refractivity contribution in [2.75, 3.05) is 0 Å². The fourth-order valence-corrected chi connectivity index (χ4v) is 2.53. The number of rotatable bonds is 1. The van der Waals surface area contributed by atoms with Crippen LogP contribution in [0.4, 0.5) is 0 Å². The van der Waals surface area contributed by atoms with Crippen molar-refractivity contribution in [1.82, 2.24) is 0 Å². The Morgan fingerprint density at radius 2 is 1.92 bits per heavy atom. The predicted octanol–water partition coefficient (Wildman–Crippen LogP) is 4.54. The maximum atomic E-state index is 6.15. The Morgan fingerprint density at radius 3 is 2.54 bits per heavy atom. The molecule has 1 aliphatic carbocycles. The third kappa shape index (κ3) is 1.97. The van der Waals surface area contributed by atoms with E-state index < -0.39 is 0 Å². The molecule has 0 N–H and O–H groups in total. The van der Waals surface area contributed by atoms with Crippen LogP contribution in [0.2, 0.25) is 5.02 Å². The fourth-order valence-electron chi connectivity index (χ4n) is 1.70. The molecule has 0 nitrogen and oxygen atoms in total. The van der Waals surface area contributed by atoms with E-state index in [9.17, 15) is 0 Å². The maximum Gasteiger partial charge on any atom is 0.0452 e. The van der Waals surface area contributed by atoms with Gasteiger partial charge in [0, 0.05) is 9.50 Å². The molecule has 0 heterocycles. The highest BCUT2D eigenvalue weighted by Crippen LogP contribution is 2.34. The Kier molecular flexibility index (Phi) is 2.75. The van der Waals surface area contributed by atoms with Gasteiger partial charge in [-0.3, -0.25) is 0 Å². The zero-order valence-corrected chi connectivity index (χ0v) is 9.48. The van der Waals surface area contributed by atoms with Crippen molar-refractivity contribution in [3.63, 3.8) is 0 Å². The van der Waals surface area contributed by atoms with Gasteiger partial charge in [0.2, 0.25) is 0 Å². The normalized spacial score (nSPS) is 16.8. The van der Waals surface area contributed by atoms with Gasteiger partial charge < -0.3 is 0 Å². The highest BCUT2D eigenvalue weighted by molar-refractivity contribution is 9.10. The van der Waals surface area contributed by atoms with Crippen molar-refractivity contribution < 1.29 is 0 Å². The van der Waals surface area contributed by atoms with Crippen LogP contribution in [0, 0.1) is 0 Å². The van der Waals surface area contributed by atoms with E-state index in [1.54, 1.807) is 0 Å². The van der Waals surface area contributed by atoms with Crippen LogP contribution < -0.4 is 0 Å². The molecule has 0 saturated carbocycles. The van der Waals surface area contributed by atoms with E-state index in [4.69, 9.17) is 11.6 Å². The smallest absolute Gasteiger partial charge is 0.0452 e. The van der Waals surface area contributed by atoms with Gasteiger partial charge in [-0.15, -0.1) is 0 Å². The minimum absolute atomic E-state index is 0.598. The Labute approximate surface area is 91.7 Å². The minimum Gasteiger partial charge on any atom is -0.0879 e. The molecule has 0 fully saturated rings. The van der Waals surface area contributed by atoms with Crippen LogP contribution >= 0.6 is 27.5 Å². The molecule has 13 heavy (non-hydrogen) atoms. The van der Waals surface area contributed by atoms with Gasteiger partial charge in [-0.1, -0.05) is 45.7 Å². The molecule has 0 amide bonds. The van der Waals surface area contributed by atoms with Crippen molar-refractivity contribution in [3.05, 3.63) is 45.4 Å². The minimum atomic E-state index is 0.598. The largest absolute Gasteiger partial charge is 0.0879 e. The van der Waals surface area contributed by atoms with Crippen molar-refractivity contribution in [2.45, 2.75) is 18.8 Å². The molecule has 68 valence electrons. The standard InChI is InChI=1S/C11H10BrCl/c12-9-5-6-10(11(13)7-9)8-3-1-2-4-8/h1-2,5-8H,3-4H2. The summed E-state index contributed by atoms with van der Waals surface area (Å²) in [4.78, 5) is 0. The number of hydrogen-bond acceptors (Lipinski definition) is 0. The van der Waals surface area contributed by atoms with E-state index >= 15 is 0 Å². The van der Waals surface area contributed by atoms with Crippen LogP contribution in [0.5, 0.6) is 0 Å². The number of allylic oxidation sites excluding steroid dienone is 2. The van der Waals surface area contributed by atoms with Gasteiger partial charge in [0.1, 0.15) is 0 Å². The van der Waals surface area contributed by atoms with Crippen molar-refractivity contribution in [3.8, 4) is 0 Å². The lowest BCUT2D eigenvalue weighted by Crippen LogP contribution is -1.93. The Hall–Kier alpha value is -0.270. The van der Waals surface area contributed by atoms with Gasteiger partial charge in [-0.25, -0.2) is 0 Å². The van der Waals surface area contributed by atoms with E-state index in [0.717, 1.165) is 22.3 Å². The first kappa shape index (κ1) is 9.29. The van der Waals surface area contributed by atoms with Crippen molar-refractivity contribution in [2.24, 2.45) is 0 Å². The third-order valence-electron chi connectivity index (χ3n) is 2.41. The summed E-state index contributed by atoms with van der Waals surface area (Å²) in [5, 5.41) is 0.878. The summed E-state index contributed by atoms with van der Waals surface area (Å²) in [5.41, 5.74) is 1.27. The summed E-state index contributed by atoms with van der Waals surface area (Å²) in [5.74, 6) is 0.598. The van der Waals surface area contributed by atoms with E-state index in [1.165, 1.54) is 5.56 Å². The lowest BCUT2D eigenvalue weighted by atomic mass is 9.97. The first-order valence-electron chi connectivity index (χ1n) is 4.37. The second-order valence-corrected chi connectivity index (χ2v) is 4.63. The molecule has 1 aromatic carbocycles. The SMILES string of the molecule is Clc1cc(Br)ccc1C1CC=CC1.